The van der Waals surface area contributed by atoms with Gasteiger partial charge in [0.15, 0.2) is 0 Å². The topological polar surface area (TPSA) is 92.3 Å². The maximum Gasteiger partial charge on any atom is 0.338 e. The molecular formula is C10H8N2O4. The standard InChI is InChI=1S/C10H8N2O4/c1-16-5-2-6-8(7(3-5)10(14)15)11-4-12-9(6)13/h2-4H,1H3,(H,14,15)(H,11,12,13). The second-order valence-electron chi connectivity index (χ2n) is 3.11. The van der Waals surface area contributed by atoms with Crippen LogP contribution in [0.4, 0.5) is 0 Å². The number of fused-ring (bicyclic) bond motifs is 1. The Morgan fingerprint density at radius 3 is 2.88 bits per heavy atom. The summed E-state index contributed by atoms with van der Waals surface area (Å²) in [7, 11) is 1.40. The van der Waals surface area contributed by atoms with Crippen LogP contribution in [0.2, 0.25) is 0 Å². The predicted octanol–water partition coefficient (Wildman–Crippen LogP) is 0.630. The number of nitrogens with one attached hydrogen (secondary N) is 1. The third-order valence-corrected chi connectivity index (χ3v) is 2.18. The molecule has 0 fully saturated rings. The molecule has 1 aromatic heterocycles. The zero-order chi connectivity index (χ0) is 11.7. The molecule has 2 rings (SSSR count). The minimum atomic E-state index is -1.15. The lowest BCUT2D eigenvalue weighted by molar-refractivity contribution is 0.0698. The molecule has 0 aliphatic heterocycles. The average molecular weight is 220 g/mol. The zero-order valence-electron chi connectivity index (χ0n) is 8.35. The molecule has 0 aliphatic carbocycles. The Kier molecular flexibility index (Phi) is 2.32. The first-order chi connectivity index (χ1) is 7.63. The summed E-state index contributed by atoms with van der Waals surface area (Å²) in [4.78, 5) is 28.7. The Balaban J connectivity index is 2.93. The number of nitrogens with zero attached hydrogens (tertiary/aromatic N) is 1. The van der Waals surface area contributed by atoms with Crippen molar-refractivity contribution >= 4 is 16.9 Å². The van der Waals surface area contributed by atoms with E-state index >= 15 is 0 Å². The minimum Gasteiger partial charge on any atom is -0.497 e. The first-order valence-corrected chi connectivity index (χ1v) is 4.42. The molecule has 6 nitrogen and oxygen atoms in total. The molecule has 0 unspecified atom stereocenters. The lowest BCUT2D eigenvalue weighted by Gasteiger charge is -2.04. The fraction of sp³-hybridized carbons (Fsp3) is 0.100. The normalized spacial score (nSPS) is 10.3. The Hall–Kier alpha value is -2.37. The molecular weight excluding hydrogens is 212 g/mol. The molecule has 1 heterocycles. The number of carboxylic acids is 1. The Morgan fingerprint density at radius 2 is 2.25 bits per heavy atom. The molecule has 2 aromatic rings. The number of methoxy groups -OCH3 is 1. The summed E-state index contributed by atoms with van der Waals surface area (Å²) in [6.07, 6.45) is 1.17. The highest BCUT2D eigenvalue weighted by Crippen LogP contribution is 2.21. The monoisotopic (exact) mass is 220 g/mol. The first kappa shape index (κ1) is 10.2. The number of hydrogen-bond donors (Lipinski definition) is 2. The van der Waals surface area contributed by atoms with Crippen LogP contribution in [0, 0.1) is 0 Å². The van der Waals surface area contributed by atoms with E-state index < -0.39 is 11.5 Å². The number of carboxylic acid groups (broad SMARTS) is 1. The third-order valence-electron chi connectivity index (χ3n) is 2.18. The van der Waals surface area contributed by atoms with E-state index in [4.69, 9.17) is 9.84 Å². The van der Waals surface area contributed by atoms with Crippen LogP contribution in [0.15, 0.2) is 23.3 Å². The average Bonchev–Trinajstić information content (AvgIpc) is 2.28. The van der Waals surface area contributed by atoms with E-state index in [0.29, 0.717) is 5.75 Å². The number of rotatable bonds is 2. The van der Waals surface area contributed by atoms with E-state index in [-0.39, 0.29) is 16.5 Å². The van der Waals surface area contributed by atoms with Crippen LogP contribution in [0.3, 0.4) is 0 Å². The van der Waals surface area contributed by atoms with Gasteiger partial charge in [-0.25, -0.2) is 9.78 Å². The molecule has 0 saturated carbocycles. The fourth-order valence-corrected chi connectivity index (χ4v) is 1.43. The highest BCUT2D eigenvalue weighted by Gasteiger charge is 2.13. The van der Waals surface area contributed by atoms with Crippen LogP contribution >= 0.6 is 0 Å². The van der Waals surface area contributed by atoms with Gasteiger partial charge in [0.1, 0.15) is 5.75 Å². The molecule has 0 spiro atoms. The number of aromatic amines is 1. The van der Waals surface area contributed by atoms with Crippen LogP contribution in [0.25, 0.3) is 10.9 Å². The molecule has 16 heavy (non-hydrogen) atoms. The van der Waals surface area contributed by atoms with E-state index in [2.05, 4.69) is 9.97 Å². The first-order valence-electron chi connectivity index (χ1n) is 4.42. The quantitative estimate of drug-likeness (QED) is 0.774. The van der Waals surface area contributed by atoms with Gasteiger partial charge < -0.3 is 14.8 Å². The minimum absolute atomic E-state index is 0.0551. The molecule has 6 heteroatoms. The van der Waals surface area contributed by atoms with Gasteiger partial charge in [0, 0.05) is 0 Å². The molecule has 0 radical (unpaired) electrons. The van der Waals surface area contributed by atoms with Gasteiger partial charge in [0.2, 0.25) is 0 Å². The van der Waals surface area contributed by atoms with E-state index in [1.165, 1.54) is 25.6 Å². The SMILES string of the molecule is COc1cc(C(=O)O)c2nc[nH]c(=O)c2c1. The van der Waals surface area contributed by atoms with Gasteiger partial charge >= 0.3 is 5.97 Å². The maximum absolute atomic E-state index is 11.5. The lowest BCUT2D eigenvalue weighted by atomic mass is 10.1. The van der Waals surface area contributed by atoms with Gasteiger partial charge in [-0.05, 0) is 12.1 Å². The Morgan fingerprint density at radius 1 is 1.50 bits per heavy atom. The number of ether oxygens (including phenoxy) is 1. The second kappa shape index (κ2) is 3.65. The summed E-state index contributed by atoms with van der Waals surface area (Å²) in [5.41, 5.74) is -0.302. The van der Waals surface area contributed by atoms with Gasteiger partial charge in [-0.2, -0.15) is 0 Å². The van der Waals surface area contributed by atoms with Crippen molar-refractivity contribution in [3.8, 4) is 5.75 Å². The van der Waals surface area contributed by atoms with Gasteiger partial charge in [0.25, 0.3) is 5.56 Å². The Labute approximate surface area is 89.5 Å². The summed E-state index contributed by atoms with van der Waals surface area (Å²) in [6.45, 7) is 0. The van der Waals surface area contributed by atoms with Crippen molar-refractivity contribution in [2.75, 3.05) is 7.11 Å². The zero-order valence-corrected chi connectivity index (χ0v) is 8.35. The van der Waals surface area contributed by atoms with Crippen LogP contribution < -0.4 is 10.3 Å². The summed E-state index contributed by atoms with van der Waals surface area (Å²) in [5.74, 6) is -0.842. The molecule has 0 aliphatic rings. The van der Waals surface area contributed by atoms with Gasteiger partial charge in [0.05, 0.1) is 29.9 Å². The highest BCUT2D eigenvalue weighted by molar-refractivity contribution is 6.02. The van der Waals surface area contributed by atoms with Crippen LogP contribution in [0.5, 0.6) is 5.75 Å². The molecule has 0 atom stereocenters. The van der Waals surface area contributed by atoms with Gasteiger partial charge in [-0.15, -0.1) is 0 Å². The summed E-state index contributed by atoms with van der Waals surface area (Å²) in [6, 6.07) is 2.78. The number of benzene rings is 1. The van der Waals surface area contributed by atoms with Crippen molar-refractivity contribution in [1.82, 2.24) is 9.97 Å². The summed E-state index contributed by atoms with van der Waals surface area (Å²) >= 11 is 0. The molecule has 0 saturated heterocycles. The van der Waals surface area contributed by atoms with Crippen molar-refractivity contribution in [3.63, 3.8) is 0 Å². The highest BCUT2D eigenvalue weighted by atomic mass is 16.5. The molecule has 1 aromatic carbocycles. The van der Waals surface area contributed by atoms with E-state index in [1.54, 1.807) is 0 Å². The van der Waals surface area contributed by atoms with Crippen molar-refractivity contribution < 1.29 is 14.6 Å². The van der Waals surface area contributed by atoms with Crippen LogP contribution in [-0.4, -0.2) is 28.2 Å². The maximum atomic E-state index is 11.5. The van der Waals surface area contributed by atoms with E-state index in [9.17, 15) is 9.59 Å². The largest absolute Gasteiger partial charge is 0.497 e. The summed E-state index contributed by atoms with van der Waals surface area (Å²) in [5, 5.41) is 9.18. The lowest BCUT2D eigenvalue weighted by Crippen LogP contribution is -2.10. The number of H-pyrrole nitrogens is 1. The summed E-state index contributed by atoms with van der Waals surface area (Å²) < 4.78 is 4.92. The number of aromatic carboxylic acids is 1. The van der Waals surface area contributed by atoms with E-state index in [1.807, 2.05) is 0 Å². The van der Waals surface area contributed by atoms with Crippen molar-refractivity contribution in [3.05, 3.63) is 34.4 Å². The van der Waals surface area contributed by atoms with Crippen LogP contribution in [-0.2, 0) is 0 Å². The predicted molar refractivity (Wildman–Crippen MR) is 55.9 cm³/mol. The molecule has 0 bridgehead atoms. The van der Waals surface area contributed by atoms with Crippen molar-refractivity contribution in [2.45, 2.75) is 0 Å². The van der Waals surface area contributed by atoms with Crippen molar-refractivity contribution in [1.29, 1.82) is 0 Å². The van der Waals surface area contributed by atoms with Gasteiger partial charge in [-0.3, -0.25) is 4.79 Å². The smallest absolute Gasteiger partial charge is 0.338 e. The second-order valence-corrected chi connectivity index (χ2v) is 3.11. The molecule has 82 valence electrons. The number of hydrogen-bond acceptors (Lipinski definition) is 4. The molecule has 2 N–H and O–H groups in total. The third kappa shape index (κ3) is 1.50. The number of carbonyl (C=O) groups is 1. The van der Waals surface area contributed by atoms with E-state index in [0.717, 1.165) is 0 Å². The van der Waals surface area contributed by atoms with Crippen LogP contribution in [0.1, 0.15) is 10.4 Å². The molecule has 0 amide bonds. The number of aromatic nitrogens is 2. The van der Waals surface area contributed by atoms with Crippen molar-refractivity contribution in [2.24, 2.45) is 0 Å². The Bertz CT molecular complexity index is 618. The van der Waals surface area contributed by atoms with Gasteiger partial charge in [-0.1, -0.05) is 0 Å². The fourth-order valence-electron chi connectivity index (χ4n) is 1.43.